The number of halogens is 1. The lowest BCUT2D eigenvalue weighted by Crippen LogP contribution is -2.39. The zero-order valence-electron chi connectivity index (χ0n) is 14.2. The summed E-state index contributed by atoms with van der Waals surface area (Å²) in [6, 6.07) is 17.4. The van der Waals surface area contributed by atoms with Gasteiger partial charge in [0.1, 0.15) is 0 Å². The van der Waals surface area contributed by atoms with Crippen molar-refractivity contribution >= 4 is 17.5 Å². The fraction of sp³-hybridized carbons (Fsp3) is 0.350. The minimum Gasteiger partial charge on any atom is -0.371 e. The molecule has 0 saturated carbocycles. The molecule has 1 amide bonds. The molecule has 0 spiro atoms. The highest BCUT2D eigenvalue weighted by atomic mass is 35.5. The Morgan fingerprint density at radius 1 is 1.16 bits per heavy atom. The van der Waals surface area contributed by atoms with Crippen LogP contribution in [0.1, 0.15) is 28.4 Å². The van der Waals surface area contributed by atoms with Crippen LogP contribution < -0.4 is 5.32 Å². The smallest absolute Gasteiger partial charge is 0.252 e. The van der Waals surface area contributed by atoms with Gasteiger partial charge in [0.2, 0.25) is 0 Å². The third kappa shape index (κ3) is 5.05. The van der Waals surface area contributed by atoms with E-state index in [0.717, 1.165) is 32.7 Å². The molecule has 1 unspecified atom stereocenters. The minimum atomic E-state index is -0.116. The van der Waals surface area contributed by atoms with E-state index >= 15 is 0 Å². The zero-order chi connectivity index (χ0) is 17.5. The van der Waals surface area contributed by atoms with Crippen LogP contribution in [0.15, 0.2) is 54.6 Å². The summed E-state index contributed by atoms with van der Waals surface area (Å²) in [5, 5.41) is 3.43. The van der Waals surface area contributed by atoms with Gasteiger partial charge in [-0.05, 0) is 24.1 Å². The first-order valence-electron chi connectivity index (χ1n) is 8.65. The molecule has 0 bridgehead atoms. The topological polar surface area (TPSA) is 41.6 Å². The van der Waals surface area contributed by atoms with Crippen molar-refractivity contribution in [3.8, 4) is 0 Å². The van der Waals surface area contributed by atoms with Crippen LogP contribution in [0.3, 0.4) is 0 Å². The maximum absolute atomic E-state index is 12.1. The third-order valence-corrected chi connectivity index (χ3v) is 4.71. The molecule has 4 nitrogen and oxygen atoms in total. The number of rotatable bonds is 6. The van der Waals surface area contributed by atoms with Crippen LogP contribution in [-0.4, -0.2) is 43.6 Å². The number of benzene rings is 2. The van der Waals surface area contributed by atoms with Gasteiger partial charge in [0, 0.05) is 26.2 Å². The second kappa shape index (κ2) is 8.99. The van der Waals surface area contributed by atoms with Crippen molar-refractivity contribution in [2.45, 2.75) is 12.5 Å². The average molecular weight is 359 g/mol. The molecule has 1 N–H and O–H groups in total. The second-order valence-electron chi connectivity index (χ2n) is 6.16. The van der Waals surface area contributed by atoms with Crippen LogP contribution in [-0.2, 0) is 4.74 Å². The van der Waals surface area contributed by atoms with E-state index in [9.17, 15) is 4.79 Å². The van der Waals surface area contributed by atoms with Gasteiger partial charge in [-0.3, -0.25) is 9.69 Å². The summed E-state index contributed by atoms with van der Waals surface area (Å²) < 4.78 is 5.88. The Hall–Kier alpha value is -1.88. The molecule has 0 aliphatic carbocycles. The van der Waals surface area contributed by atoms with E-state index < -0.39 is 0 Å². The molecule has 0 aromatic heterocycles. The summed E-state index contributed by atoms with van der Waals surface area (Å²) in [6.45, 7) is 4.14. The predicted octanol–water partition coefficient (Wildman–Crippen LogP) is 3.53. The van der Waals surface area contributed by atoms with Crippen molar-refractivity contribution in [1.82, 2.24) is 10.2 Å². The Balaban J connectivity index is 1.42. The summed E-state index contributed by atoms with van der Waals surface area (Å²) in [5.41, 5.74) is 1.75. The molecule has 25 heavy (non-hydrogen) atoms. The van der Waals surface area contributed by atoms with Crippen molar-refractivity contribution < 1.29 is 9.53 Å². The molecule has 132 valence electrons. The molecule has 2 aromatic rings. The molecule has 1 aliphatic rings. The van der Waals surface area contributed by atoms with E-state index in [1.54, 1.807) is 12.1 Å². The first kappa shape index (κ1) is 17.9. The predicted molar refractivity (Wildman–Crippen MR) is 100.0 cm³/mol. The van der Waals surface area contributed by atoms with E-state index in [1.807, 2.05) is 30.3 Å². The number of hydrogen-bond donors (Lipinski definition) is 1. The van der Waals surface area contributed by atoms with Crippen LogP contribution >= 0.6 is 11.6 Å². The third-order valence-electron chi connectivity index (χ3n) is 4.38. The number of ether oxygens (including phenoxy) is 1. The lowest BCUT2D eigenvalue weighted by Gasteiger charge is -2.33. The number of nitrogens with one attached hydrogen (secondary N) is 1. The van der Waals surface area contributed by atoms with E-state index in [1.165, 1.54) is 5.56 Å². The lowest BCUT2D eigenvalue weighted by molar-refractivity contribution is -0.0301. The Morgan fingerprint density at radius 3 is 2.72 bits per heavy atom. The van der Waals surface area contributed by atoms with Gasteiger partial charge in [0.05, 0.1) is 23.3 Å². The van der Waals surface area contributed by atoms with E-state index in [2.05, 4.69) is 22.3 Å². The summed E-state index contributed by atoms with van der Waals surface area (Å²) in [6.07, 6.45) is 1.03. The maximum atomic E-state index is 12.1. The van der Waals surface area contributed by atoms with Crippen LogP contribution in [0.4, 0.5) is 0 Å². The summed E-state index contributed by atoms with van der Waals surface area (Å²) in [5.74, 6) is -0.116. The molecule has 0 radical (unpaired) electrons. The molecule has 3 rings (SSSR count). The standard InChI is InChI=1S/C20H23ClN2O2/c21-18-10-5-4-9-17(18)20(24)22-11-6-12-23-13-14-25-19(15-23)16-7-2-1-3-8-16/h1-5,7-10,19H,6,11-15H2,(H,22,24). The first-order valence-corrected chi connectivity index (χ1v) is 9.03. The van der Waals surface area contributed by atoms with Gasteiger partial charge >= 0.3 is 0 Å². The molecule has 5 heteroatoms. The molecule has 1 aliphatic heterocycles. The van der Waals surface area contributed by atoms with Gasteiger partial charge in [-0.15, -0.1) is 0 Å². The highest BCUT2D eigenvalue weighted by molar-refractivity contribution is 6.33. The molecular formula is C20H23ClN2O2. The Labute approximate surface area is 153 Å². The van der Waals surface area contributed by atoms with Gasteiger partial charge in [-0.25, -0.2) is 0 Å². The van der Waals surface area contributed by atoms with Crippen molar-refractivity contribution in [1.29, 1.82) is 0 Å². The summed E-state index contributed by atoms with van der Waals surface area (Å²) in [4.78, 5) is 14.5. The molecule has 2 aromatic carbocycles. The van der Waals surface area contributed by atoms with Gasteiger partial charge in [-0.1, -0.05) is 54.1 Å². The van der Waals surface area contributed by atoms with Gasteiger partial charge < -0.3 is 10.1 Å². The molecular weight excluding hydrogens is 336 g/mol. The number of carbonyl (C=O) groups excluding carboxylic acids is 1. The number of morpholine rings is 1. The number of amides is 1. The minimum absolute atomic E-state index is 0.116. The Morgan fingerprint density at radius 2 is 1.92 bits per heavy atom. The van der Waals surface area contributed by atoms with E-state index in [-0.39, 0.29) is 12.0 Å². The average Bonchev–Trinajstić information content (AvgIpc) is 2.66. The monoisotopic (exact) mass is 358 g/mol. The van der Waals surface area contributed by atoms with Gasteiger partial charge in [-0.2, -0.15) is 0 Å². The van der Waals surface area contributed by atoms with Crippen LogP contribution in [0.5, 0.6) is 0 Å². The van der Waals surface area contributed by atoms with Gasteiger partial charge in [0.15, 0.2) is 0 Å². The van der Waals surface area contributed by atoms with Crippen molar-refractivity contribution in [3.63, 3.8) is 0 Å². The second-order valence-corrected chi connectivity index (χ2v) is 6.57. The molecule has 1 heterocycles. The lowest BCUT2D eigenvalue weighted by atomic mass is 10.1. The Kier molecular flexibility index (Phi) is 6.45. The fourth-order valence-corrected chi connectivity index (χ4v) is 3.24. The van der Waals surface area contributed by atoms with E-state index in [4.69, 9.17) is 16.3 Å². The van der Waals surface area contributed by atoms with Crippen LogP contribution in [0, 0.1) is 0 Å². The quantitative estimate of drug-likeness (QED) is 0.803. The van der Waals surface area contributed by atoms with Crippen LogP contribution in [0.25, 0.3) is 0 Å². The van der Waals surface area contributed by atoms with Crippen molar-refractivity contribution in [2.75, 3.05) is 32.8 Å². The zero-order valence-corrected chi connectivity index (χ0v) is 14.9. The summed E-state index contributed by atoms with van der Waals surface area (Å²) in [7, 11) is 0. The number of hydrogen-bond acceptors (Lipinski definition) is 3. The van der Waals surface area contributed by atoms with Crippen molar-refractivity contribution in [3.05, 3.63) is 70.7 Å². The SMILES string of the molecule is O=C(NCCCN1CCOC(c2ccccc2)C1)c1ccccc1Cl. The highest BCUT2D eigenvalue weighted by Gasteiger charge is 2.21. The van der Waals surface area contributed by atoms with Crippen LogP contribution in [0.2, 0.25) is 5.02 Å². The normalized spacial score (nSPS) is 18.0. The number of carbonyl (C=O) groups is 1. The Bertz CT molecular complexity index is 693. The van der Waals surface area contributed by atoms with E-state index in [0.29, 0.717) is 17.1 Å². The molecule has 1 atom stereocenters. The highest BCUT2D eigenvalue weighted by Crippen LogP contribution is 2.21. The maximum Gasteiger partial charge on any atom is 0.252 e. The van der Waals surface area contributed by atoms with Gasteiger partial charge in [0.25, 0.3) is 5.91 Å². The first-order chi connectivity index (χ1) is 12.2. The molecule has 1 saturated heterocycles. The number of nitrogens with zero attached hydrogens (tertiary/aromatic N) is 1. The summed E-state index contributed by atoms with van der Waals surface area (Å²) >= 11 is 6.04. The van der Waals surface area contributed by atoms with Crippen molar-refractivity contribution in [2.24, 2.45) is 0 Å². The largest absolute Gasteiger partial charge is 0.371 e. The fourth-order valence-electron chi connectivity index (χ4n) is 3.02. The molecule has 1 fully saturated rings.